The van der Waals surface area contributed by atoms with Gasteiger partial charge in [-0.1, -0.05) is 13.8 Å². The van der Waals surface area contributed by atoms with Gasteiger partial charge in [-0.2, -0.15) is 0 Å². The second-order valence-corrected chi connectivity index (χ2v) is 4.71. The third-order valence-electron chi connectivity index (χ3n) is 2.95. The number of carboxylic acid groups (broad SMARTS) is 1. The molecule has 0 aliphatic carbocycles. The lowest BCUT2D eigenvalue weighted by Gasteiger charge is -2.38. The fourth-order valence-electron chi connectivity index (χ4n) is 2.46. The molecule has 1 N–H and O–H groups in total. The molecule has 3 unspecified atom stereocenters. The molecule has 3 atom stereocenters. The van der Waals surface area contributed by atoms with E-state index in [-0.39, 0.29) is 6.61 Å². The highest BCUT2D eigenvalue weighted by atomic mass is 16.5. The maximum absolute atomic E-state index is 11.1. The molecule has 15 heavy (non-hydrogen) atoms. The minimum Gasteiger partial charge on any atom is -0.480 e. The molecule has 1 fully saturated rings. The molecule has 0 amide bonds. The van der Waals surface area contributed by atoms with Crippen LogP contribution in [0.3, 0.4) is 0 Å². The number of rotatable bonds is 4. The SMILES string of the molecule is COCC(C(=O)O)N1CC(C)CC(C)C1. The Kier molecular flexibility index (Phi) is 4.54. The largest absolute Gasteiger partial charge is 0.480 e. The molecule has 0 aromatic rings. The van der Waals surface area contributed by atoms with Crippen LogP contribution in [0.15, 0.2) is 0 Å². The lowest BCUT2D eigenvalue weighted by atomic mass is 9.91. The van der Waals surface area contributed by atoms with E-state index in [0.717, 1.165) is 13.1 Å². The van der Waals surface area contributed by atoms with Crippen molar-refractivity contribution in [3.8, 4) is 0 Å². The summed E-state index contributed by atoms with van der Waals surface area (Å²) >= 11 is 0. The first-order valence-electron chi connectivity index (χ1n) is 5.50. The Labute approximate surface area is 91.2 Å². The molecule has 1 rings (SSSR count). The van der Waals surface area contributed by atoms with Crippen LogP contribution >= 0.6 is 0 Å². The van der Waals surface area contributed by atoms with Crippen molar-refractivity contribution in [3.63, 3.8) is 0 Å². The van der Waals surface area contributed by atoms with Gasteiger partial charge in [0.25, 0.3) is 0 Å². The van der Waals surface area contributed by atoms with Crippen LogP contribution in [0.5, 0.6) is 0 Å². The van der Waals surface area contributed by atoms with Gasteiger partial charge in [0.05, 0.1) is 6.61 Å². The van der Waals surface area contributed by atoms with E-state index >= 15 is 0 Å². The van der Waals surface area contributed by atoms with Crippen LogP contribution in [-0.2, 0) is 9.53 Å². The summed E-state index contributed by atoms with van der Waals surface area (Å²) < 4.78 is 4.97. The first-order valence-corrected chi connectivity index (χ1v) is 5.50. The van der Waals surface area contributed by atoms with Gasteiger partial charge in [-0.05, 0) is 18.3 Å². The Hall–Kier alpha value is -0.610. The van der Waals surface area contributed by atoms with Gasteiger partial charge in [0.15, 0.2) is 0 Å². The highest BCUT2D eigenvalue weighted by molar-refractivity contribution is 5.73. The number of aliphatic carboxylic acids is 1. The molecule has 1 aliphatic heterocycles. The Morgan fingerprint density at radius 1 is 1.47 bits per heavy atom. The van der Waals surface area contributed by atoms with E-state index in [0.29, 0.717) is 11.8 Å². The van der Waals surface area contributed by atoms with E-state index in [1.54, 1.807) is 7.11 Å². The smallest absolute Gasteiger partial charge is 0.323 e. The zero-order valence-electron chi connectivity index (χ0n) is 9.77. The van der Waals surface area contributed by atoms with Crippen molar-refractivity contribution < 1.29 is 14.6 Å². The van der Waals surface area contributed by atoms with E-state index in [2.05, 4.69) is 13.8 Å². The molecule has 1 aliphatic rings. The van der Waals surface area contributed by atoms with Crippen molar-refractivity contribution in [1.29, 1.82) is 0 Å². The third-order valence-corrected chi connectivity index (χ3v) is 2.95. The highest BCUT2D eigenvalue weighted by Crippen LogP contribution is 2.22. The molecule has 0 aromatic carbocycles. The Morgan fingerprint density at radius 2 is 2.00 bits per heavy atom. The monoisotopic (exact) mass is 215 g/mol. The number of piperidine rings is 1. The lowest BCUT2D eigenvalue weighted by molar-refractivity contribution is -0.146. The number of hydrogen-bond acceptors (Lipinski definition) is 3. The number of ether oxygens (including phenoxy) is 1. The highest BCUT2D eigenvalue weighted by Gasteiger charge is 2.31. The van der Waals surface area contributed by atoms with Crippen LogP contribution < -0.4 is 0 Å². The minimum absolute atomic E-state index is 0.273. The first kappa shape index (κ1) is 12.5. The van der Waals surface area contributed by atoms with Crippen LogP contribution in [0.25, 0.3) is 0 Å². The van der Waals surface area contributed by atoms with Gasteiger partial charge >= 0.3 is 5.97 Å². The second kappa shape index (κ2) is 5.47. The van der Waals surface area contributed by atoms with Crippen LogP contribution in [0.4, 0.5) is 0 Å². The van der Waals surface area contributed by atoms with Crippen LogP contribution in [-0.4, -0.2) is 48.8 Å². The second-order valence-electron chi connectivity index (χ2n) is 4.71. The number of carboxylic acids is 1. The maximum atomic E-state index is 11.1. The zero-order chi connectivity index (χ0) is 11.4. The number of nitrogens with zero attached hydrogens (tertiary/aromatic N) is 1. The van der Waals surface area contributed by atoms with E-state index < -0.39 is 12.0 Å². The van der Waals surface area contributed by atoms with Crippen molar-refractivity contribution >= 4 is 5.97 Å². The number of hydrogen-bond donors (Lipinski definition) is 1. The van der Waals surface area contributed by atoms with Crippen LogP contribution in [0, 0.1) is 11.8 Å². The molecular formula is C11H21NO3. The molecule has 0 bridgehead atoms. The minimum atomic E-state index is -0.779. The van der Waals surface area contributed by atoms with E-state index in [4.69, 9.17) is 9.84 Å². The zero-order valence-corrected chi connectivity index (χ0v) is 9.77. The van der Waals surface area contributed by atoms with Gasteiger partial charge in [-0.25, -0.2) is 0 Å². The average molecular weight is 215 g/mol. The fourth-order valence-corrected chi connectivity index (χ4v) is 2.46. The predicted molar refractivity (Wildman–Crippen MR) is 57.8 cm³/mol. The summed E-state index contributed by atoms with van der Waals surface area (Å²) in [5.41, 5.74) is 0. The van der Waals surface area contributed by atoms with Crippen molar-refractivity contribution in [3.05, 3.63) is 0 Å². The standard InChI is InChI=1S/C11H21NO3/c1-8-4-9(2)6-12(5-8)10(7-15-3)11(13)14/h8-10H,4-7H2,1-3H3,(H,13,14). The van der Waals surface area contributed by atoms with Crippen molar-refractivity contribution in [2.75, 3.05) is 26.8 Å². The lowest BCUT2D eigenvalue weighted by Crippen LogP contribution is -2.50. The molecule has 0 radical (unpaired) electrons. The van der Waals surface area contributed by atoms with Crippen LogP contribution in [0.1, 0.15) is 20.3 Å². The van der Waals surface area contributed by atoms with Gasteiger partial charge in [0.2, 0.25) is 0 Å². The Balaban J connectivity index is 2.61. The van der Waals surface area contributed by atoms with Gasteiger partial charge in [0, 0.05) is 20.2 Å². The summed E-state index contributed by atoms with van der Waals surface area (Å²) in [6, 6.07) is -0.486. The molecule has 88 valence electrons. The van der Waals surface area contributed by atoms with Gasteiger partial charge in [-0.3, -0.25) is 9.69 Å². The van der Waals surface area contributed by atoms with Crippen molar-refractivity contribution in [2.24, 2.45) is 11.8 Å². The molecular weight excluding hydrogens is 194 g/mol. The summed E-state index contributed by atoms with van der Waals surface area (Å²) in [6.45, 7) is 6.35. The summed E-state index contributed by atoms with van der Waals surface area (Å²) in [7, 11) is 1.55. The maximum Gasteiger partial charge on any atom is 0.323 e. The molecule has 4 nitrogen and oxygen atoms in total. The number of methoxy groups -OCH3 is 1. The molecule has 0 aromatic heterocycles. The molecule has 1 heterocycles. The number of likely N-dealkylation sites (tertiary alicyclic amines) is 1. The average Bonchev–Trinajstić information content (AvgIpc) is 2.11. The quantitative estimate of drug-likeness (QED) is 0.762. The summed E-state index contributed by atoms with van der Waals surface area (Å²) in [5.74, 6) is 0.373. The topological polar surface area (TPSA) is 49.8 Å². The summed E-state index contributed by atoms with van der Waals surface area (Å²) in [5, 5.41) is 9.11. The molecule has 0 spiro atoms. The van der Waals surface area contributed by atoms with Crippen LogP contribution in [0.2, 0.25) is 0 Å². The molecule has 4 heteroatoms. The van der Waals surface area contributed by atoms with Gasteiger partial charge in [0.1, 0.15) is 6.04 Å². The van der Waals surface area contributed by atoms with E-state index in [1.807, 2.05) is 4.90 Å². The first-order chi connectivity index (χ1) is 7.04. The normalized spacial score (nSPS) is 30.1. The van der Waals surface area contributed by atoms with Crippen molar-refractivity contribution in [2.45, 2.75) is 26.3 Å². The fraction of sp³-hybridized carbons (Fsp3) is 0.909. The molecule has 1 saturated heterocycles. The van der Waals surface area contributed by atoms with E-state index in [9.17, 15) is 4.79 Å². The number of carbonyl (C=O) groups is 1. The summed E-state index contributed by atoms with van der Waals surface area (Å²) in [4.78, 5) is 13.1. The van der Waals surface area contributed by atoms with Crippen molar-refractivity contribution in [1.82, 2.24) is 4.90 Å². The van der Waals surface area contributed by atoms with Gasteiger partial charge < -0.3 is 9.84 Å². The van der Waals surface area contributed by atoms with E-state index in [1.165, 1.54) is 6.42 Å². The predicted octanol–water partition coefficient (Wildman–Crippen LogP) is 1.06. The Bertz CT molecular complexity index is 210. The Morgan fingerprint density at radius 3 is 2.40 bits per heavy atom. The molecule has 0 saturated carbocycles. The summed E-state index contributed by atoms with van der Waals surface area (Å²) in [6.07, 6.45) is 1.19. The third kappa shape index (κ3) is 3.47. The van der Waals surface area contributed by atoms with Gasteiger partial charge in [-0.15, -0.1) is 0 Å².